The summed E-state index contributed by atoms with van der Waals surface area (Å²) in [5, 5.41) is 12.8. The molecule has 0 saturated carbocycles. The van der Waals surface area contributed by atoms with Crippen molar-refractivity contribution in [1.82, 2.24) is 20.1 Å². The monoisotopic (exact) mass is 251 g/mol. The van der Waals surface area contributed by atoms with E-state index in [2.05, 4.69) is 20.1 Å². The number of rotatable bonds is 5. The third-order valence-corrected chi connectivity index (χ3v) is 2.52. The number of nitrogens with one attached hydrogen (secondary N) is 1. The van der Waals surface area contributed by atoms with Crippen LogP contribution in [0.4, 0.5) is 5.95 Å². The minimum absolute atomic E-state index is 0.117. The second-order valence-electron chi connectivity index (χ2n) is 3.50. The van der Waals surface area contributed by atoms with Gasteiger partial charge in [-0.1, -0.05) is 0 Å². The van der Waals surface area contributed by atoms with Crippen molar-refractivity contribution in [2.24, 2.45) is 0 Å². The van der Waals surface area contributed by atoms with E-state index in [9.17, 15) is 4.79 Å². The number of aromatic nitrogens is 4. The maximum absolute atomic E-state index is 10.9. The molecule has 8 nitrogen and oxygen atoms in total. The number of carbonyl (C=O) groups is 1. The van der Waals surface area contributed by atoms with Gasteiger partial charge in [0.25, 0.3) is 11.8 Å². The summed E-state index contributed by atoms with van der Waals surface area (Å²) in [7, 11) is 0. The van der Waals surface area contributed by atoms with Gasteiger partial charge in [-0.05, 0) is 19.0 Å². The molecule has 2 N–H and O–H groups in total. The van der Waals surface area contributed by atoms with E-state index < -0.39 is 5.97 Å². The summed E-state index contributed by atoms with van der Waals surface area (Å²) in [6, 6.07) is 0. The van der Waals surface area contributed by atoms with Gasteiger partial charge in [-0.3, -0.25) is 0 Å². The lowest BCUT2D eigenvalue weighted by molar-refractivity contribution is 0.0691. The highest BCUT2D eigenvalue weighted by atomic mass is 16.5. The molecule has 0 bridgehead atoms. The van der Waals surface area contributed by atoms with Gasteiger partial charge in [-0.2, -0.15) is 4.98 Å². The molecule has 18 heavy (non-hydrogen) atoms. The number of carboxylic acid groups (broad SMARTS) is 1. The highest BCUT2D eigenvalue weighted by molar-refractivity contribution is 5.91. The Morgan fingerprint density at radius 2 is 2.22 bits per heavy atom. The van der Waals surface area contributed by atoms with Crippen molar-refractivity contribution in [2.75, 3.05) is 18.0 Å². The van der Waals surface area contributed by atoms with E-state index >= 15 is 0 Å². The van der Waals surface area contributed by atoms with Crippen LogP contribution in [-0.4, -0.2) is 44.3 Å². The van der Waals surface area contributed by atoms with Crippen LogP contribution in [0.25, 0.3) is 11.6 Å². The Morgan fingerprint density at radius 3 is 2.83 bits per heavy atom. The summed E-state index contributed by atoms with van der Waals surface area (Å²) < 4.78 is 5.05. The maximum Gasteiger partial charge on any atom is 0.356 e. The van der Waals surface area contributed by atoms with Crippen molar-refractivity contribution in [1.29, 1.82) is 0 Å². The van der Waals surface area contributed by atoms with Gasteiger partial charge in [0.15, 0.2) is 5.69 Å². The average Bonchev–Trinajstić information content (AvgIpc) is 2.98. The van der Waals surface area contributed by atoms with Crippen LogP contribution < -0.4 is 4.90 Å². The Balaban J connectivity index is 2.35. The highest BCUT2D eigenvalue weighted by Gasteiger charge is 2.21. The van der Waals surface area contributed by atoms with Gasteiger partial charge in [-0.15, -0.1) is 0 Å². The van der Waals surface area contributed by atoms with Crippen molar-refractivity contribution in [3.05, 3.63) is 12.0 Å². The first-order valence-electron chi connectivity index (χ1n) is 5.53. The average molecular weight is 251 g/mol. The number of H-pyrrole nitrogens is 1. The zero-order chi connectivity index (χ0) is 13.1. The van der Waals surface area contributed by atoms with E-state index in [1.165, 1.54) is 6.33 Å². The van der Waals surface area contributed by atoms with E-state index in [0.29, 0.717) is 5.95 Å². The number of aromatic carboxylic acids is 1. The van der Waals surface area contributed by atoms with Crippen LogP contribution in [0, 0.1) is 0 Å². The van der Waals surface area contributed by atoms with Crippen LogP contribution in [0.1, 0.15) is 24.3 Å². The van der Waals surface area contributed by atoms with Gasteiger partial charge >= 0.3 is 5.97 Å². The van der Waals surface area contributed by atoms with E-state index in [-0.39, 0.29) is 17.3 Å². The van der Waals surface area contributed by atoms with Crippen molar-refractivity contribution in [2.45, 2.75) is 13.8 Å². The second kappa shape index (κ2) is 4.86. The lowest BCUT2D eigenvalue weighted by atomic mass is 10.3. The van der Waals surface area contributed by atoms with Crippen molar-refractivity contribution in [3.8, 4) is 11.6 Å². The second-order valence-corrected chi connectivity index (χ2v) is 3.50. The molecule has 0 radical (unpaired) electrons. The minimum atomic E-state index is -1.14. The highest BCUT2D eigenvalue weighted by Crippen LogP contribution is 2.21. The molecule has 2 heterocycles. The van der Waals surface area contributed by atoms with Gasteiger partial charge in [0.05, 0.1) is 6.33 Å². The van der Waals surface area contributed by atoms with Gasteiger partial charge in [0, 0.05) is 13.1 Å². The Labute approximate surface area is 103 Å². The van der Waals surface area contributed by atoms with Gasteiger partial charge < -0.3 is 19.5 Å². The molecule has 0 saturated heterocycles. The largest absolute Gasteiger partial charge is 0.476 e. The van der Waals surface area contributed by atoms with E-state index in [0.717, 1.165) is 13.1 Å². The molecule has 0 aliphatic rings. The van der Waals surface area contributed by atoms with Crippen molar-refractivity contribution >= 4 is 11.9 Å². The molecule has 2 rings (SSSR count). The number of carboxylic acids is 1. The smallest absolute Gasteiger partial charge is 0.356 e. The third kappa shape index (κ3) is 2.04. The lowest BCUT2D eigenvalue weighted by Gasteiger charge is -2.14. The predicted molar refractivity (Wildman–Crippen MR) is 62.4 cm³/mol. The van der Waals surface area contributed by atoms with Crippen molar-refractivity contribution < 1.29 is 14.4 Å². The molecule has 2 aromatic rings. The van der Waals surface area contributed by atoms with Gasteiger partial charge in [0.1, 0.15) is 5.69 Å². The molecule has 0 aliphatic heterocycles. The Hall–Kier alpha value is -2.38. The quantitative estimate of drug-likeness (QED) is 0.816. The van der Waals surface area contributed by atoms with Crippen molar-refractivity contribution in [3.63, 3.8) is 0 Å². The Bertz CT molecular complexity index is 543. The first-order chi connectivity index (χ1) is 8.67. The zero-order valence-corrected chi connectivity index (χ0v) is 10.0. The Morgan fingerprint density at radius 1 is 1.50 bits per heavy atom. The van der Waals surface area contributed by atoms with E-state index in [4.69, 9.17) is 9.63 Å². The van der Waals surface area contributed by atoms with E-state index in [1.54, 1.807) is 0 Å². The summed E-state index contributed by atoms with van der Waals surface area (Å²) in [6.45, 7) is 5.42. The summed E-state index contributed by atoms with van der Waals surface area (Å²) in [5.41, 5.74) is 0.0816. The molecular formula is C10H13N5O3. The van der Waals surface area contributed by atoms with Crippen LogP contribution in [0.5, 0.6) is 0 Å². The van der Waals surface area contributed by atoms with Gasteiger partial charge in [-0.25, -0.2) is 9.78 Å². The summed E-state index contributed by atoms with van der Waals surface area (Å²) in [6.07, 6.45) is 1.28. The fraction of sp³-hybridized carbons (Fsp3) is 0.400. The normalized spacial score (nSPS) is 10.6. The molecule has 0 unspecified atom stereocenters. The first-order valence-corrected chi connectivity index (χ1v) is 5.53. The van der Waals surface area contributed by atoms with E-state index in [1.807, 2.05) is 18.7 Å². The predicted octanol–water partition coefficient (Wildman–Crippen LogP) is 1.00. The molecule has 0 amide bonds. The standard InChI is InChI=1S/C10H13N5O3/c1-3-15(4-2)10-13-8(18-14-10)6-7(9(16)17)12-5-11-6/h5H,3-4H2,1-2H3,(H,11,12)(H,16,17). The SMILES string of the molecule is CCN(CC)c1noc(-c2[nH]cnc2C(=O)O)n1. The molecule has 0 fully saturated rings. The minimum Gasteiger partial charge on any atom is -0.476 e. The molecule has 0 aliphatic carbocycles. The zero-order valence-electron chi connectivity index (χ0n) is 10.0. The fourth-order valence-corrected chi connectivity index (χ4v) is 1.57. The fourth-order valence-electron chi connectivity index (χ4n) is 1.57. The number of anilines is 1. The summed E-state index contributed by atoms with van der Waals surface area (Å²) >= 11 is 0. The van der Waals surface area contributed by atoms with Crippen LogP contribution in [0.2, 0.25) is 0 Å². The molecule has 0 aromatic carbocycles. The summed E-state index contributed by atoms with van der Waals surface area (Å²) in [5.74, 6) is -0.596. The molecule has 8 heteroatoms. The number of nitrogens with zero attached hydrogens (tertiary/aromatic N) is 4. The molecule has 0 spiro atoms. The van der Waals surface area contributed by atoms with Crippen LogP contribution in [0.3, 0.4) is 0 Å². The maximum atomic E-state index is 10.9. The topological polar surface area (TPSA) is 108 Å². The number of hydrogen-bond acceptors (Lipinski definition) is 6. The third-order valence-electron chi connectivity index (χ3n) is 2.52. The molecule has 96 valence electrons. The van der Waals surface area contributed by atoms with Crippen LogP contribution in [0.15, 0.2) is 10.9 Å². The Kier molecular flexibility index (Phi) is 3.26. The first kappa shape index (κ1) is 12.1. The van der Waals surface area contributed by atoms with Gasteiger partial charge in [0.2, 0.25) is 0 Å². The molecule has 0 atom stereocenters. The summed E-state index contributed by atoms with van der Waals surface area (Å²) in [4.78, 5) is 23.3. The number of aromatic amines is 1. The molecular weight excluding hydrogens is 238 g/mol. The molecule has 2 aromatic heterocycles. The lowest BCUT2D eigenvalue weighted by Crippen LogP contribution is -2.22. The number of imidazole rings is 1. The number of hydrogen-bond donors (Lipinski definition) is 2. The van der Waals surface area contributed by atoms with Crippen LogP contribution in [-0.2, 0) is 0 Å². The van der Waals surface area contributed by atoms with Crippen LogP contribution >= 0.6 is 0 Å².